The predicted octanol–water partition coefficient (Wildman–Crippen LogP) is 0.779. The number of hydrogen-bond acceptors (Lipinski definition) is 7. The summed E-state index contributed by atoms with van der Waals surface area (Å²) in [7, 11) is 0. The van der Waals surface area contributed by atoms with E-state index < -0.39 is 0 Å². The summed E-state index contributed by atoms with van der Waals surface area (Å²) < 4.78 is 6.98. The van der Waals surface area contributed by atoms with E-state index in [-0.39, 0.29) is 17.2 Å². The smallest absolute Gasteiger partial charge is 0.293 e. The Morgan fingerprint density at radius 3 is 3.09 bits per heavy atom. The molecule has 0 radical (unpaired) electrons. The molecular formula is C13H15N7O2. The Balaban J connectivity index is 1.87. The molecule has 2 N–H and O–H groups in total. The lowest BCUT2D eigenvalue weighted by atomic mass is 10.3. The molecule has 114 valence electrons. The van der Waals surface area contributed by atoms with Crippen LogP contribution in [0.25, 0.3) is 5.65 Å². The predicted molar refractivity (Wildman–Crippen MR) is 78.8 cm³/mol. The lowest BCUT2D eigenvalue weighted by molar-refractivity contribution is 0.326. The van der Waals surface area contributed by atoms with Crippen LogP contribution in [0.2, 0.25) is 0 Å². The van der Waals surface area contributed by atoms with Gasteiger partial charge in [0.05, 0.1) is 12.6 Å². The molecule has 0 fully saturated rings. The van der Waals surface area contributed by atoms with Crippen LogP contribution < -0.4 is 15.6 Å². The van der Waals surface area contributed by atoms with Crippen molar-refractivity contribution in [1.82, 2.24) is 29.5 Å². The van der Waals surface area contributed by atoms with Crippen molar-refractivity contribution < 1.29 is 4.74 Å². The van der Waals surface area contributed by atoms with Crippen molar-refractivity contribution in [3.63, 3.8) is 0 Å². The van der Waals surface area contributed by atoms with E-state index in [1.165, 1.54) is 6.33 Å². The number of nitrogens with one attached hydrogen (secondary N) is 2. The molecule has 22 heavy (non-hydrogen) atoms. The molecule has 0 saturated carbocycles. The second-order valence-corrected chi connectivity index (χ2v) is 4.58. The van der Waals surface area contributed by atoms with Crippen LogP contribution in [0, 0.1) is 0 Å². The number of anilines is 1. The molecule has 3 rings (SSSR count). The zero-order valence-electron chi connectivity index (χ0n) is 12.1. The van der Waals surface area contributed by atoms with Crippen molar-refractivity contribution >= 4 is 11.5 Å². The highest BCUT2D eigenvalue weighted by Gasteiger charge is 2.15. The minimum absolute atomic E-state index is 0.207. The molecule has 3 aromatic rings. The molecule has 1 unspecified atom stereocenters. The van der Waals surface area contributed by atoms with Crippen LogP contribution in [-0.4, -0.2) is 36.2 Å². The average Bonchev–Trinajstić information content (AvgIpc) is 2.93. The SMILES string of the molecule is CCOc1cc(NC(C)c2nnc3c(=O)[nH]ccn23)ncn1. The van der Waals surface area contributed by atoms with E-state index in [1.54, 1.807) is 22.9 Å². The maximum absolute atomic E-state index is 11.7. The fourth-order valence-corrected chi connectivity index (χ4v) is 2.08. The number of ether oxygens (including phenoxy) is 1. The fourth-order valence-electron chi connectivity index (χ4n) is 2.08. The second-order valence-electron chi connectivity index (χ2n) is 4.58. The average molecular weight is 301 g/mol. The Morgan fingerprint density at radius 2 is 2.27 bits per heavy atom. The second kappa shape index (κ2) is 5.80. The monoisotopic (exact) mass is 301 g/mol. The van der Waals surface area contributed by atoms with Crippen LogP contribution in [0.4, 0.5) is 5.82 Å². The zero-order valence-corrected chi connectivity index (χ0v) is 12.1. The third-order valence-electron chi connectivity index (χ3n) is 3.05. The highest BCUT2D eigenvalue weighted by Crippen LogP contribution is 2.18. The highest BCUT2D eigenvalue weighted by atomic mass is 16.5. The number of hydrogen-bond donors (Lipinski definition) is 2. The van der Waals surface area contributed by atoms with Crippen molar-refractivity contribution in [3.05, 3.63) is 41.0 Å². The van der Waals surface area contributed by atoms with Gasteiger partial charge in [-0.15, -0.1) is 10.2 Å². The number of nitrogens with zero attached hydrogens (tertiary/aromatic N) is 5. The molecule has 0 aromatic carbocycles. The number of fused-ring (bicyclic) bond motifs is 1. The number of aromatic amines is 1. The molecule has 9 nitrogen and oxygen atoms in total. The van der Waals surface area contributed by atoms with E-state index in [4.69, 9.17) is 4.74 Å². The molecule has 0 amide bonds. The molecule has 1 atom stereocenters. The van der Waals surface area contributed by atoms with Crippen LogP contribution in [0.3, 0.4) is 0 Å². The first-order valence-corrected chi connectivity index (χ1v) is 6.82. The van der Waals surface area contributed by atoms with Gasteiger partial charge in [-0.2, -0.15) is 0 Å². The van der Waals surface area contributed by atoms with Gasteiger partial charge in [0.15, 0.2) is 5.82 Å². The van der Waals surface area contributed by atoms with E-state index in [9.17, 15) is 4.79 Å². The van der Waals surface area contributed by atoms with Crippen molar-refractivity contribution in [2.75, 3.05) is 11.9 Å². The van der Waals surface area contributed by atoms with Gasteiger partial charge < -0.3 is 15.0 Å². The van der Waals surface area contributed by atoms with Crippen molar-refractivity contribution in [1.29, 1.82) is 0 Å². The molecule has 0 bridgehead atoms. The minimum atomic E-state index is -0.283. The Bertz CT molecular complexity index is 842. The summed E-state index contributed by atoms with van der Waals surface area (Å²) in [6.07, 6.45) is 4.68. The van der Waals surface area contributed by atoms with E-state index in [0.717, 1.165) is 0 Å². The van der Waals surface area contributed by atoms with Gasteiger partial charge in [-0.3, -0.25) is 9.20 Å². The zero-order chi connectivity index (χ0) is 15.5. The van der Waals surface area contributed by atoms with Gasteiger partial charge in [0.1, 0.15) is 12.1 Å². The Morgan fingerprint density at radius 1 is 1.41 bits per heavy atom. The fraction of sp³-hybridized carbons (Fsp3) is 0.308. The first kappa shape index (κ1) is 14.0. The van der Waals surface area contributed by atoms with Gasteiger partial charge >= 0.3 is 0 Å². The molecule has 3 heterocycles. The quantitative estimate of drug-likeness (QED) is 0.716. The number of H-pyrrole nitrogens is 1. The maximum Gasteiger partial charge on any atom is 0.293 e. The maximum atomic E-state index is 11.7. The molecule has 0 aliphatic rings. The van der Waals surface area contributed by atoms with Crippen LogP contribution in [0.15, 0.2) is 29.6 Å². The van der Waals surface area contributed by atoms with E-state index >= 15 is 0 Å². The molecule has 0 aliphatic heterocycles. The molecule has 3 aromatic heterocycles. The lowest BCUT2D eigenvalue weighted by Crippen LogP contribution is -2.14. The van der Waals surface area contributed by atoms with Crippen LogP contribution >= 0.6 is 0 Å². The summed E-state index contributed by atoms with van der Waals surface area (Å²) in [5.74, 6) is 1.71. The van der Waals surface area contributed by atoms with E-state index in [1.807, 2.05) is 13.8 Å². The summed E-state index contributed by atoms with van der Waals surface area (Å²) in [5, 5.41) is 11.2. The summed E-state index contributed by atoms with van der Waals surface area (Å²) in [5.41, 5.74) is -0.0297. The van der Waals surface area contributed by atoms with E-state index in [0.29, 0.717) is 24.1 Å². The minimum Gasteiger partial charge on any atom is -0.478 e. The largest absolute Gasteiger partial charge is 0.478 e. The number of rotatable bonds is 5. The summed E-state index contributed by atoms with van der Waals surface area (Å²) in [6.45, 7) is 4.32. The first-order chi connectivity index (χ1) is 10.7. The molecule has 0 saturated heterocycles. The Kier molecular flexibility index (Phi) is 3.69. The summed E-state index contributed by atoms with van der Waals surface area (Å²) >= 11 is 0. The van der Waals surface area contributed by atoms with Crippen LogP contribution in [-0.2, 0) is 0 Å². The van der Waals surface area contributed by atoms with Crippen molar-refractivity contribution in [2.45, 2.75) is 19.9 Å². The van der Waals surface area contributed by atoms with Crippen LogP contribution in [0.1, 0.15) is 25.7 Å². The van der Waals surface area contributed by atoms with Gasteiger partial charge in [-0.1, -0.05) is 0 Å². The third-order valence-corrected chi connectivity index (χ3v) is 3.05. The van der Waals surface area contributed by atoms with Gasteiger partial charge in [-0.05, 0) is 13.8 Å². The van der Waals surface area contributed by atoms with Crippen molar-refractivity contribution in [2.24, 2.45) is 0 Å². The first-order valence-electron chi connectivity index (χ1n) is 6.82. The molecular weight excluding hydrogens is 286 g/mol. The Hall–Kier alpha value is -2.97. The summed E-state index contributed by atoms with van der Waals surface area (Å²) in [4.78, 5) is 22.4. The summed E-state index contributed by atoms with van der Waals surface area (Å²) in [6, 6.07) is 1.50. The number of aromatic nitrogens is 6. The molecule has 0 spiro atoms. The van der Waals surface area contributed by atoms with Gasteiger partial charge in [0.25, 0.3) is 5.56 Å². The van der Waals surface area contributed by atoms with Gasteiger partial charge in [-0.25, -0.2) is 9.97 Å². The lowest BCUT2D eigenvalue weighted by Gasteiger charge is -2.13. The molecule has 9 heteroatoms. The van der Waals surface area contributed by atoms with Gasteiger partial charge in [0, 0.05) is 18.5 Å². The topological polar surface area (TPSA) is 110 Å². The molecule has 0 aliphatic carbocycles. The van der Waals surface area contributed by atoms with E-state index in [2.05, 4.69) is 30.5 Å². The van der Waals surface area contributed by atoms with Crippen LogP contribution in [0.5, 0.6) is 5.88 Å². The standard InChI is InChI=1S/C13H15N7O2/c1-3-22-10-6-9(15-7-16-10)17-8(2)11-18-19-12-13(21)14-4-5-20(11)12/h4-8H,3H2,1-2H3,(H,14,21)(H,15,16,17). The Labute approximate surface area is 125 Å². The highest BCUT2D eigenvalue weighted by molar-refractivity contribution is 5.40. The van der Waals surface area contributed by atoms with Gasteiger partial charge in [0.2, 0.25) is 11.5 Å². The normalized spacial score (nSPS) is 12.3. The van der Waals surface area contributed by atoms with Crippen molar-refractivity contribution in [3.8, 4) is 5.88 Å². The third kappa shape index (κ3) is 2.60.